The average Bonchev–Trinajstić information content (AvgIpc) is 2.21. The Hall–Kier alpha value is -0.370. The highest BCUT2D eigenvalue weighted by atomic mass is 16.5. The molecule has 0 rings (SSSR count). The fraction of sp³-hybridized carbons (Fsp3) is 0.917. The Morgan fingerprint density at radius 3 is 2.36 bits per heavy atom. The molecule has 0 bridgehead atoms. The first-order chi connectivity index (χ1) is 6.72. The van der Waals surface area contributed by atoms with E-state index in [1.165, 1.54) is 25.7 Å². The molecule has 0 aromatic carbocycles. The number of carbonyl (C=O) groups is 1. The van der Waals surface area contributed by atoms with Gasteiger partial charge in [0.15, 0.2) is 5.78 Å². The van der Waals surface area contributed by atoms with E-state index in [2.05, 4.69) is 6.92 Å². The van der Waals surface area contributed by atoms with Crippen LogP contribution in [0.4, 0.5) is 0 Å². The number of hydrogen-bond donors (Lipinski definition) is 0. The summed E-state index contributed by atoms with van der Waals surface area (Å²) in [6, 6.07) is 0. The van der Waals surface area contributed by atoms with Crippen LogP contribution in [0.25, 0.3) is 0 Å². The lowest BCUT2D eigenvalue weighted by molar-refractivity contribution is -0.129. The summed E-state index contributed by atoms with van der Waals surface area (Å²) in [7, 11) is 0. The van der Waals surface area contributed by atoms with Crippen molar-refractivity contribution in [2.75, 3.05) is 6.61 Å². The molecule has 0 heterocycles. The van der Waals surface area contributed by atoms with Crippen LogP contribution in [0.2, 0.25) is 0 Å². The maximum Gasteiger partial charge on any atom is 0.160 e. The predicted molar refractivity (Wildman–Crippen MR) is 59.5 cm³/mol. The number of carbonyl (C=O) groups excluding carboxylic acids is 1. The lowest BCUT2D eigenvalue weighted by atomic mass is 10.1. The van der Waals surface area contributed by atoms with Gasteiger partial charge in [0.05, 0.1) is 0 Å². The third-order valence-electron chi connectivity index (χ3n) is 2.42. The summed E-state index contributed by atoms with van der Waals surface area (Å²) in [6.07, 6.45) is 6.55. The Kier molecular flexibility index (Phi) is 8.95. The maximum atomic E-state index is 11.2. The average molecular weight is 200 g/mol. The standard InChI is InChI=1S/C12H24O2/c1-4-6-7-8-9-10-14-11(3)12(13)5-2/h11H,4-10H2,1-3H3. The van der Waals surface area contributed by atoms with Crippen LogP contribution in [0.3, 0.4) is 0 Å². The summed E-state index contributed by atoms with van der Waals surface area (Å²) in [5.41, 5.74) is 0. The van der Waals surface area contributed by atoms with Crippen LogP contribution in [0, 0.1) is 0 Å². The SMILES string of the molecule is CCCCCCCOC(C)C(=O)CC. The molecule has 0 aromatic rings. The second kappa shape index (κ2) is 9.20. The molecule has 2 nitrogen and oxygen atoms in total. The van der Waals surface area contributed by atoms with Crippen molar-refractivity contribution in [2.45, 2.75) is 65.4 Å². The van der Waals surface area contributed by atoms with Crippen LogP contribution < -0.4 is 0 Å². The molecule has 0 aliphatic carbocycles. The third kappa shape index (κ3) is 7.07. The van der Waals surface area contributed by atoms with Crippen molar-refractivity contribution in [2.24, 2.45) is 0 Å². The topological polar surface area (TPSA) is 26.3 Å². The van der Waals surface area contributed by atoms with Gasteiger partial charge in [-0.3, -0.25) is 4.79 Å². The molecule has 0 aromatic heterocycles. The minimum atomic E-state index is -0.203. The van der Waals surface area contributed by atoms with Crippen molar-refractivity contribution in [3.05, 3.63) is 0 Å². The third-order valence-corrected chi connectivity index (χ3v) is 2.42. The number of rotatable bonds is 9. The van der Waals surface area contributed by atoms with Gasteiger partial charge in [-0.2, -0.15) is 0 Å². The van der Waals surface area contributed by atoms with Crippen LogP contribution in [0.1, 0.15) is 59.3 Å². The molecule has 0 aliphatic rings. The van der Waals surface area contributed by atoms with Gasteiger partial charge in [-0.1, -0.05) is 39.5 Å². The molecule has 0 saturated carbocycles. The van der Waals surface area contributed by atoms with Crippen molar-refractivity contribution in [3.63, 3.8) is 0 Å². The van der Waals surface area contributed by atoms with Gasteiger partial charge in [0, 0.05) is 13.0 Å². The number of ketones is 1. The number of Topliss-reactive ketones (excluding diaryl/α,β-unsaturated/α-hetero) is 1. The highest BCUT2D eigenvalue weighted by Crippen LogP contribution is 2.04. The molecule has 1 atom stereocenters. The minimum Gasteiger partial charge on any atom is -0.371 e. The van der Waals surface area contributed by atoms with Crippen molar-refractivity contribution in [3.8, 4) is 0 Å². The van der Waals surface area contributed by atoms with E-state index in [0.717, 1.165) is 13.0 Å². The first kappa shape index (κ1) is 13.6. The van der Waals surface area contributed by atoms with Crippen LogP contribution in [-0.4, -0.2) is 18.5 Å². The maximum absolute atomic E-state index is 11.2. The normalized spacial score (nSPS) is 12.8. The molecule has 0 saturated heterocycles. The Labute approximate surface area is 88.0 Å². The van der Waals surface area contributed by atoms with Crippen LogP contribution in [0.5, 0.6) is 0 Å². The summed E-state index contributed by atoms with van der Waals surface area (Å²) in [4.78, 5) is 11.2. The van der Waals surface area contributed by atoms with E-state index in [0.29, 0.717) is 6.42 Å². The van der Waals surface area contributed by atoms with Crippen molar-refractivity contribution in [1.82, 2.24) is 0 Å². The molecular weight excluding hydrogens is 176 g/mol. The van der Waals surface area contributed by atoms with E-state index in [4.69, 9.17) is 4.74 Å². The van der Waals surface area contributed by atoms with Crippen molar-refractivity contribution >= 4 is 5.78 Å². The molecule has 0 fully saturated rings. The van der Waals surface area contributed by atoms with Gasteiger partial charge in [0.2, 0.25) is 0 Å². The summed E-state index contributed by atoms with van der Waals surface area (Å²) >= 11 is 0. The second-order valence-corrected chi connectivity index (χ2v) is 3.75. The lowest BCUT2D eigenvalue weighted by Gasteiger charge is -2.10. The number of ether oxygens (including phenoxy) is 1. The summed E-state index contributed by atoms with van der Waals surface area (Å²) < 4.78 is 5.43. The molecule has 0 N–H and O–H groups in total. The highest BCUT2D eigenvalue weighted by molar-refractivity contribution is 5.82. The van der Waals surface area contributed by atoms with Crippen molar-refractivity contribution in [1.29, 1.82) is 0 Å². The van der Waals surface area contributed by atoms with Crippen molar-refractivity contribution < 1.29 is 9.53 Å². The predicted octanol–water partition coefficient (Wildman–Crippen LogP) is 3.34. The first-order valence-corrected chi connectivity index (χ1v) is 5.86. The minimum absolute atomic E-state index is 0.203. The Balaban J connectivity index is 3.23. The van der Waals surface area contributed by atoms with Gasteiger partial charge >= 0.3 is 0 Å². The van der Waals surface area contributed by atoms with E-state index in [1.807, 2.05) is 13.8 Å². The monoisotopic (exact) mass is 200 g/mol. The largest absolute Gasteiger partial charge is 0.371 e. The van der Waals surface area contributed by atoms with E-state index in [-0.39, 0.29) is 11.9 Å². The molecule has 0 radical (unpaired) electrons. The van der Waals surface area contributed by atoms with Gasteiger partial charge in [-0.05, 0) is 13.3 Å². The summed E-state index contributed by atoms with van der Waals surface area (Å²) in [5.74, 6) is 0.207. The van der Waals surface area contributed by atoms with Gasteiger partial charge in [0.25, 0.3) is 0 Å². The molecule has 2 heteroatoms. The van der Waals surface area contributed by atoms with Crippen LogP contribution in [0.15, 0.2) is 0 Å². The Morgan fingerprint density at radius 2 is 1.79 bits per heavy atom. The molecule has 14 heavy (non-hydrogen) atoms. The molecule has 0 aliphatic heterocycles. The van der Waals surface area contributed by atoms with Gasteiger partial charge < -0.3 is 4.74 Å². The van der Waals surface area contributed by atoms with Gasteiger partial charge in [-0.25, -0.2) is 0 Å². The van der Waals surface area contributed by atoms with Crippen LogP contribution >= 0.6 is 0 Å². The molecule has 84 valence electrons. The fourth-order valence-corrected chi connectivity index (χ4v) is 1.35. The Morgan fingerprint density at radius 1 is 1.14 bits per heavy atom. The zero-order valence-corrected chi connectivity index (χ0v) is 9.84. The fourth-order valence-electron chi connectivity index (χ4n) is 1.35. The molecule has 0 spiro atoms. The van der Waals surface area contributed by atoms with Crippen LogP contribution in [-0.2, 0) is 9.53 Å². The summed E-state index contributed by atoms with van der Waals surface area (Å²) in [6.45, 7) is 6.66. The smallest absolute Gasteiger partial charge is 0.160 e. The van der Waals surface area contributed by atoms with E-state index < -0.39 is 0 Å². The number of unbranched alkanes of at least 4 members (excludes halogenated alkanes) is 4. The van der Waals surface area contributed by atoms with E-state index in [1.54, 1.807) is 0 Å². The molecular formula is C12H24O2. The highest BCUT2D eigenvalue weighted by Gasteiger charge is 2.09. The van der Waals surface area contributed by atoms with E-state index in [9.17, 15) is 4.79 Å². The zero-order chi connectivity index (χ0) is 10.8. The lowest BCUT2D eigenvalue weighted by Crippen LogP contribution is -2.20. The molecule has 1 unspecified atom stereocenters. The summed E-state index contributed by atoms with van der Waals surface area (Å²) in [5, 5.41) is 0. The zero-order valence-electron chi connectivity index (χ0n) is 9.84. The Bertz CT molecular complexity index is 143. The second-order valence-electron chi connectivity index (χ2n) is 3.75. The quantitative estimate of drug-likeness (QED) is 0.534. The number of hydrogen-bond acceptors (Lipinski definition) is 2. The first-order valence-electron chi connectivity index (χ1n) is 5.86. The van der Waals surface area contributed by atoms with Gasteiger partial charge in [-0.15, -0.1) is 0 Å². The van der Waals surface area contributed by atoms with Gasteiger partial charge in [0.1, 0.15) is 6.10 Å². The van der Waals surface area contributed by atoms with E-state index >= 15 is 0 Å². The molecule has 0 amide bonds.